The van der Waals surface area contributed by atoms with Gasteiger partial charge in [-0.05, 0) is 25.5 Å². The van der Waals surface area contributed by atoms with Crippen molar-refractivity contribution in [1.82, 2.24) is 5.32 Å². The second kappa shape index (κ2) is 2.71. The molecule has 0 saturated carbocycles. The van der Waals surface area contributed by atoms with E-state index in [1.165, 1.54) is 6.92 Å². The van der Waals surface area contributed by atoms with Crippen LogP contribution >= 0.6 is 0 Å². The highest BCUT2D eigenvalue weighted by Crippen LogP contribution is 2.19. The van der Waals surface area contributed by atoms with Crippen molar-refractivity contribution in [2.75, 3.05) is 0 Å². The molecule has 0 aliphatic carbocycles. The molecule has 0 aromatic heterocycles. The van der Waals surface area contributed by atoms with Gasteiger partial charge in [0.05, 0.1) is 0 Å². The van der Waals surface area contributed by atoms with Gasteiger partial charge in [0.25, 0.3) is 0 Å². The highest BCUT2D eigenvalue weighted by atomic mass is 16.1. The molecule has 66 valence electrons. The summed E-state index contributed by atoms with van der Waals surface area (Å²) in [4.78, 5) is 14.8. The molecule has 4 heteroatoms. The second-order valence-corrected chi connectivity index (χ2v) is 3.15. The number of nitrogens with two attached hydrogens (primary N) is 1. The van der Waals surface area contributed by atoms with Crippen molar-refractivity contribution in [2.45, 2.75) is 26.4 Å². The van der Waals surface area contributed by atoms with Crippen LogP contribution in [0.5, 0.6) is 0 Å². The molecule has 1 atom stereocenters. The Balaban J connectivity index is 2.79. The van der Waals surface area contributed by atoms with E-state index in [0.29, 0.717) is 5.84 Å². The first-order valence-electron chi connectivity index (χ1n) is 3.77. The van der Waals surface area contributed by atoms with Gasteiger partial charge in [-0.2, -0.15) is 0 Å². The molecule has 0 bridgehead atoms. The van der Waals surface area contributed by atoms with Crippen molar-refractivity contribution >= 4 is 11.7 Å². The third-order valence-corrected chi connectivity index (χ3v) is 1.81. The van der Waals surface area contributed by atoms with Crippen LogP contribution in [0.4, 0.5) is 0 Å². The fourth-order valence-electron chi connectivity index (χ4n) is 0.966. The third-order valence-electron chi connectivity index (χ3n) is 1.81. The standard InChI is InChI=1S/C8H13N3O/c1-5-4-7(10-6(2)12)11-8(5,3)9/h4H,9H2,1-3H3,(H,10,11,12). The van der Waals surface area contributed by atoms with Gasteiger partial charge in [-0.1, -0.05) is 0 Å². The summed E-state index contributed by atoms with van der Waals surface area (Å²) in [5.41, 5.74) is 6.08. The number of amidine groups is 1. The van der Waals surface area contributed by atoms with Gasteiger partial charge in [0.1, 0.15) is 11.5 Å². The Labute approximate surface area is 71.5 Å². The van der Waals surface area contributed by atoms with Crippen LogP contribution in [0, 0.1) is 0 Å². The van der Waals surface area contributed by atoms with Gasteiger partial charge in [-0.15, -0.1) is 0 Å². The second-order valence-electron chi connectivity index (χ2n) is 3.15. The number of carbonyl (C=O) groups is 1. The minimum atomic E-state index is -0.655. The van der Waals surface area contributed by atoms with Crippen molar-refractivity contribution in [3.05, 3.63) is 11.6 Å². The smallest absolute Gasteiger partial charge is 0.222 e. The molecule has 1 rings (SSSR count). The van der Waals surface area contributed by atoms with Crippen LogP contribution in [-0.4, -0.2) is 17.4 Å². The molecule has 1 heterocycles. The molecule has 0 radical (unpaired) electrons. The first kappa shape index (κ1) is 8.93. The minimum Gasteiger partial charge on any atom is -0.311 e. The van der Waals surface area contributed by atoms with Crippen molar-refractivity contribution in [1.29, 1.82) is 0 Å². The quantitative estimate of drug-likeness (QED) is 0.539. The number of hydrogen-bond donors (Lipinski definition) is 2. The molecular formula is C8H13N3O. The summed E-state index contributed by atoms with van der Waals surface area (Å²) in [7, 11) is 0. The average Bonchev–Trinajstić information content (AvgIpc) is 2.04. The van der Waals surface area contributed by atoms with Gasteiger partial charge < -0.3 is 11.1 Å². The molecular weight excluding hydrogens is 154 g/mol. The predicted molar refractivity (Wildman–Crippen MR) is 47.6 cm³/mol. The van der Waals surface area contributed by atoms with Gasteiger partial charge in [-0.3, -0.25) is 4.79 Å². The third kappa shape index (κ3) is 1.71. The van der Waals surface area contributed by atoms with Crippen LogP contribution in [0.1, 0.15) is 20.8 Å². The molecule has 4 nitrogen and oxygen atoms in total. The van der Waals surface area contributed by atoms with Crippen LogP contribution in [0.2, 0.25) is 0 Å². The van der Waals surface area contributed by atoms with Crippen LogP contribution in [-0.2, 0) is 4.79 Å². The Hall–Kier alpha value is -1.16. The van der Waals surface area contributed by atoms with Crippen molar-refractivity contribution < 1.29 is 4.79 Å². The first-order valence-corrected chi connectivity index (χ1v) is 3.77. The largest absolute Gasteiger partial charge is 0.311 e. The van der Waals surface area contributed by atoms with E-state index < -0.39 is 5.66 Å². The SMILES string of the molecule is CC(=O)NC1=NC(C)(N)C(C)=C1. The Morgan fingerprint density at radius 1 is 1.75 bits per heavy atom. The predicted octanol–water partition coefficient (Wildman–Crippen LogP) is 0.156. The summed E-state index contributed by atoms with van der Waals surface area (Å²) in [6, 6.07) is 0. The van der Waals surface area contributed by atoms with E-state index in [4.69, 9.17) is 5.73 Å². The lowest BCUT2D eigenvalue weighted by Gasteiger charge is -2.15. The van der Waals surface area contributed by atoms with E-state index in [0.717, 1.165) is 5.57 Å². The van der Waals surface area contributed by atoms with Crippen LogP contribution in [0.15, 0.2) is 16.6 Å². The maximum Gasteiger partial charge on any atom is 0.222 e. The summed E-state index contributed by atoms with van der Waals surface area (Å²) in [6.07, 6.45) is 1.78. The number of rotatable bonds is 0. The number of aliphatic imine (C=N–C) groups is 1. The Morgan fingerprint density at radius 3 is 2.67 bits per heavy atom. The molecule has 0 fully saturated rings. The lowest BCUT2D eigenvalue weighted by molar-refractivity contribution is -0.117. The summed E-state index contributed by atoms with van der Waals surface area (Å²) in [5.74, 6) is 0.417. The first-order chi connectivity index (χ1) is 5.42. The molecule has 0 aromatic carbocycles. The van der Waals surface area contributed by atoms with Gasteiger partial charge >= 0.3 is 0 Å². The normalized spacial score (nSPS) is 28.0. The van der Waals surface area contributed by atoms with E-state index in [9.17, 15) is 4.79 Å². The molecule has 12 heavy (non-hydrogen) atoms. The minimum absolute atomic E-state index is 0.129. The van der Waals surface area contributed by atoms with E-state index in [-0.39, 0.29) is 5.91 Å². The number of nitrogens with zero attached hydrogens (tertiary/aromatic N) is 1. The average molecular weight is 167 g/mol. The number of carbonyl (C=O) groups excluding carboxylic acids is 1. The number of amides is 1. The van der Waals surface area contributed by atoms with Gasteiger partial charge in [0, 0.05) is 6.92 Å². The highest BCUT2D eigenvalue weighted by Gasteiger charge is 2.25. The zero-order valence-electron chi connectivity index (χ0n) is 7.51. The Bertz CT molecular complexity index is 276. The fourth-order valence-corrected chi connectivity index (χ4v) is 0.966. The fraction of sp³-hybridized carbons (Fsp3) is 0.500. The van der Waals surface area contributed by atoms with Crippen LogP contribution in [0.25, 0.3) is 0 Å². The van der Waals surface area contributed by atoms with Crippen molar-refractivity contribution in [2.24, 2.45) is 10.7 Å². The molecule has 1 unspecified atom stereocenters. The zero-order valence-corrected chi connectivity index (χ0v) is 7.51. The lowest BCUT2D eigenvalue weighted by atomic mass is 10.1. The van der Waals surface area contributed by atoms with Crippen LogP contribution < -0.4 is 11.1 Å². The van der Waals surface area contributed by atoms with Gasteiger partial charge in [0.15, 0.2) is 0 Å². The van der Waals surface area contributed by atoms with Gasteiger partial charge in [-0.25, -0.2) is 4.99 Å². The van der Waals surface area contributed by atoms with E-state index >= 15 is 0 Å². The monoisotopic (exact) mass is 167 g/mol. The zero-order chi connectivity index (χ0) is 9.35. The molecule has 1 amide bonds. The van der Waals surface area contributed by atoms with E-state index in [1.807, 2.05) is 6.92 Å². The molecule has 0 saturated heterocycles. The molecule has 1 aliphatic rings. The molecule has 3 N–H and O–H groups in total. The molecule has 1 aliphatic heterocycles. The van der Waals surface area contributed by atoms with E-state index in [1.54, 1.807) is 13.0 Å². The van der Waals surface area contributed by atoms with Crippen molar-refractivity contribution in [3.8, 4) is 0 Å². The lowest BCUT2D eigenvalue weighted by Crippen LogP contribution is -2.34. The number of nitrogens with one attached hydrogen (secondary N) is 1. The summed E-state index contributed by atoms with van der Waals surface area (Å²) in [6.45, 7) is 5.13. The summed E-state index contributed by atoms with van der Waals surface area (Å²) < 4.78 is 0. The topological polar surface area (TPSA) is 67.5 Å². The highest BCUT2D eigenvalue weighted by molar-refractivity contribution is 6.05. The molecule has 0 aromatic rings. The Kier molecular flexibility index (Phi) is 2.02. The molecule has 0 spiro atoms. The maximum absolute atomic E-state index is 10.7. The summed E-state index contributed by atoms with van der Waals surface area (Å²) >= 11 is 0. The van der Waals surface area contributed by atoms with Crippen LogP contribution in [0.3, 0.4) is 0 Å². The maximum atomic E-state index is 10.7. The number of hydrogen-bond acceptors (Lipinski definition) is 3. The van der Waals surface area contributed by atoms with Gasteiger partial charge in [0.2, 0.25) is 5.91 Å². The summed E-state index contributed by atoms with van der Waals surface area (Å²) in [5, 5.41) is 2.58. The van der Waals surface area contributed by atoms with E-state index in [2.05, 4.69) is 10.3 Å². The van der Waals surface area contributed by atoms with Crippen molar-refractivity contribution in [3.63, 3.8) is 0 Å². The Morgan fingerprint density at radius 2 is 2.33 bits per heavy atom.